The molecule has 116 valence electrons. The van der Waals surface area contributed by atoms with Crippen LogP contribution in [0.1, 0.15) is 5.56 Å². The van der Waals surface area contributed by atoms with Crippen molar-refractivity contribution in [1.29, 1.82) is 0 Å². The molecule has 2 aromatic carbocycles. The standard InChI is InChI=1S/C15H11BrClN5O/c16-11-3-6-14(13(17)8-11)19-15(23)7-10-1-4-12(5-2-10)22-9-18-20-21-22/h1-6,8-9H,7H2,(H,19,23). The Morgan fingerprint density at radius 2 is 2.00 bits per heavy atom. The summed E-state index contributed by atoms with van der Waals surface area (Å²) in [6.45, 7) is 0. The Labute approximate surface area is 145 Å². The predicted molar refractivity (Wildman–Crippen MR) is 90.6 cm³/mol. The second kappa shape index (κ2) is 6.89. The Morgan fingerprint density at radius 3 is 2.65 bits per heavy atom. The van der Waals surface area contributed by atoms with Gasteiger partial charge in [0.05, 0.1) is 22.8 Å². The molecule has 0 fully saturated rings. The summed E-state index contributed by atoms with van der Waals surface area (Å²) in [6, 6.07) is 12.7. The number of carbonyl (C=O) groups excluding carboxylic acids is 1. The number of amides is 1. The number of halogens is 2. The molecule has 0 aliphatic heterocycles. The lowest BCUT2D eigenvalue weighted by molar-refractivity contribution is -0.115. The third-order valence-corrected chi connectivity index (χ3v) is 3.93. The molecule has 3 aromatic rings. The molecule has 1 amide bonds. The molecule has 1 heterocycles. The number of hydrogen-bond donors (Lipinski definition) is 1. The summed E-state index contributed by atoms with van der Waals surface area (Å²) in [5.74, 6) is -0.135. The molecule has 6 nitrogen and oxygen atoms in total. The van der Waals surface area contributed by atoms with Gasteiger partial charge in [-0.1, -0.05) is 39.7 Å². The Morgan fingerprint density at radius 1 is 1.22 bits per heavy atom. The van der Waals surface area contributed by atoms with E-state index < -0.39 is 0 Å². The number of hydrogen-bond acceptors (Lipinski definition) is 4. The second-order valence-electron chi connectivity index (χ2n) is 4.77. The highest BCUT2D eigenvalue weighted by Crippen LogP contribution is 2.25. The van der Waals surface area contributed by atoms with Crippen LogP contribution in [0.25, 0.3) is 5.69 Å². The van der Waals surface area contributed by atoms with E-state index in [1.807, 2.05) is 30.3 Å². The molecule has 0 saturated carbocycles. The zero-order chi connectivity index (χ0) is 16.2. The maximum absolute atomic E-state index is 12.1. The van der Waals surface area contributed by atoms with Gasteiger partial charge in [-0.25, -0.2) is 4.68 Å². The number of benzene rings is 2. The topological polar surface area (TPSA) is 72.7 Å². The van der Waals surface area contributed by atoms with Crippen LogP contribution in [0.3, 0.4) is 0 Å². The molecule has 0 saturated heterocycles. The first kappa shape index (κ1) is 15.6. The Balaban J connectivity index is 1.66. The monoisotopic (exact) mass is 391 g/mol. The maximum Gasteiger partial charge on any atom is 0.228 e. The van der Waals surface area contributed by atoms with Crippen LogP contribution in [0.15, 0.2) is 53.3 Å². The van der Waals surface area contributed by atoms with E-state index >= 15 is 0 Å². The van der Waals surface area contributed by atoms with Gasteiger partial charge in [0.1, 0.15) is 6.33 Å². The van der Waals surface area contributed by atoms with Gasteiger partial charge in [-0.2, -0.15) is 0 Å². The predicted octanol–water partition coefficient (Wildman–Crippen LogP) is 3.26. The van der Waals surface area contributed by atoms with Crippen molar-refractivity contribution < 1.29 is 4.79 Å². The van der Waals surface area contributed by atoms with Gasteiger partial charge in [0.25, 0.3) is 0 Å². The minimum atomic E-state index is -0.135. The van der Waals surface area contributed by atoms with E-state index in [1.54, 1.807) is 16.8 Å². The lowest BCUT2D eigenvalue weighted by Gasteiger charge is -2.08. The molecule has 0 bridgehead atoms. The quantitative estimate of drug-likeness (QED) is 0.740. The molecular formula is C15H11BrClN5O. The average molecular weight is 393 g/mol. The van der Waals surface area contributed by atoms with Crippen molar-refractivity contribution in [2.24, 2.45) is 0 Å². The number of nitrogens with one attached hydrogen (secondary N) is 1. The molecule has 0 unspecified atom stereocenters. The molecule has 0 atom stereocenters. The Hall–Kier alpha value is -2.25. The van der Waals surface area contributed by atoms with Crippen molar-refractivity contribution in [3.63, 3.8) is 0 Å². The number of nitrogens with zero attached hydrogens (tertiary/aromatic N) is 4. The van der Waals surface area contributed by atoms with Gasteiger partial charge in [0.15, 0.2) is 0 Å². The summed E-state index contributed by atoms with van der Waals surface area (Å²) in [5.41, 5.74) is 2.30. The third-order valence-electron chi connectivity index (χ3n) is 3.12. The highest BCUT2D eigenvalue weighted by Gasteiger charge is 2.08. The van der Waals surface area contributed by atoms with Gasteiger partial charge in [0.2, 0.25) is 5.91 Å². The summed E-state index contributed by atoms with van der Waals surface area (Å²) in [6.07, 6.45) is 1.76. The smallest absolute Gasteiger partial charge is 0.228 e. The van der Waals surface area contributed by atoms with Crippen LogP contribution in [0.4, 0.5) is 5.69 Å². The van der Waals surface area contributed by atoms with E-state index in [0.29, 0.717) is 10.7 Å². The summed E-state index contributed by atoms with van der Waals surface area (Å²) in [5, 5.41) is 14.3. The first-order chi connectivity index (χ1) is 11.1. The van der Waals surface area contributed by atoms with E-state index in [9.17, 15) is 4.79 Å². The highest BCUT2D eigenvalue weighted by atomic mass is 79.9. The number of tetrazole rings is 1. The van der Waals surface area contributed by atoms with Crippen molar-refractivity contribution in [3.8, 4) is 5.69 Å². The molecule has 23 heavy (non-hydrogen) atoms. The van der Waals surface area contributed by atoms with Gasteiger partial charge in [-0.05, 0) is 46.3 Å². The zero-order valence-corrected chi connectivity index (χ0v) is 14.1. The van der Waals surface area contributed by atoms with Crippen LogP contribution in [-0.2, 0) is 11.2 Å². The summed E-state index contributed by atoms with van der Waals surface area (Å²) in [7, 11) is 0. The SMILES string of the molecule is O=C(Cc1ccc(-n2cnnn2)cc1)Nc1ccc(Br)cc1Cl. The molecule has 0 radical (unpaired) electrons. The number of rotatable bonds is 4. The lowest BCUT2D eigenvalue weighted by atomic mass is 10.1. The van der Waals surface area contributed by atoms with Gasteiger partial charge >= 0.3 is 0 Å². The molecular weight excluding hydrogens is 382 g/mol. The van der Waals surface area contributed by atoms with E-state index in [2.05, 4.69) is 36.8 Å². The minimum absolute atomic E-state index is 0.135. The number of aromatic nitrogens is 4. The summed E-state index contributed by atoms with van der Waals surface area (Å²) < 4.78 is 2.41. The van der Waals surface area contributed by atoms with Gasteiger partial charge in [0, 0.05) is 4.47 Å². The van der Waals surface area contributed by atoms with Crippen molar-refractivity contribution in [1.82, 2.24) is 20.2 Å². The van der Waals surface area contributed by atoms with Gasteiger partial charge < -0.3 is 5.32 Å². The average Bonchev–Trinajstić information content (AvgIpc) is 3.05. The van der Waals surface area contributed by atoms with Crippen LogP contribution in [0.2, 0.25) is 5.02 Å². The largest absolute Gasteiger partial charge is 0.324 e. The van der Waals surface area contributed by atoms with Crippen molar-refractivity contribution in [2.75, 3.05) is 5.32 Å². The molecule has 0 spiro atoms. The molecule has 0 aliphatic rings. The summed E-state index contributed by atoms with van der Waals surface area (Å²) in [4.78, 5) is 12.1. The maximum atomic E-state index is 12.1. The van der Waals surface area contributed by atoms with Crippen LogP contribution in [0.5, 0.6) is 0 Å². The van der Waals surface area contributed by atoms with Crippen molar-refractivity contribution in [3.05, 3.63) is 63.9 Å². The van der Waals surface area contributed by atoms with Crippen LogP contribution in [0, 0.1) is 0 Å². The first-order valence-electron chi connectivity index (χ1n) is 6.69. The lowest BCUT2D eigenvalue weighted by Crippen LogP contribution is -2.14. The van der Waals surface area contributed by atoms with E-state index in [1.165, 1.54) is 6.33 Å². The van der Waals surface area contributed by atoms with Crippen molar-refractivity contribution in [2.45, 2.75) is 6.42 Å². The van der Waals surface area contributed by atoms with Gasteiger partial charge in [-0.3, -0.25) is 4.79 Å². The Bertz CT molecular complexity index is 820. The summed E-state index contributed by atoms with van der Waals surface area (Å²) >= 11 is 9.41. The second-order valence-corrected chi connectivity index (χ2v) is 6.09. The van der Waals surface area contributed by atoms with Crippen LogP contribution < -0.4 is 5.32 Å². The van der Waals surface area contributed by atoms with Crippen LogP contribution in [-0.4, -0.2) is 26.1 Å². The fourth-order valence-corrected chi connectivity index (χ4v) is 2.74. The van der Waals surface area contributed by atoms with Crippen LogP contribution >= 0.6 is 27.5 Å². The first-order valence-corrected chi connectivity index (χ1v) is 7.86. The molecule has 3 rings (SSSR count). The van der Waals surface area contributed by atoms with E-state index in [0.717, 1.165) is 15.7 Å². The molecule has 1 aromatic heterocycles. The molecule has 0 aliphatic carbocycles. The number of carbonyl (C=O) groups is 1. The Kier molecular flexibility index (Phi) is 4.68. The molecule has 8 heteroatoms. The molecule has 1 N–H and O–H groups in total. The fourth-order valence-electron chi connectivity index (χ4n) is 2.02. The number of anilines is 1. The zero-order valence-electron chi connectivity index (χ0n) is 11.8. The highest BCUT2D eigenvalue weighted by molar-refractivity contribution is 9.10. The minimum Gasteiger partial charge on any atom is -0.324 e. The normalized spacial score (nSPS) is 10.5. The third kappa shape index (κ3) is 3.94. The fraction of sp³-hybridized carbons (Fsp3) is 0.0667. The van der Waals surface area contributed by atoms with E-state index in [4.69, 9.17) is 11.6 Å². The van der Waals surface area contributed by atoms with Gasteiger partial charge in [-0.15, -0.1) is 5.10 Å². The van der Waals surface area contributed by atoms with Crippen molar-refractivity contribution >= 4 is 39.1 Å². The van der Waals surface area contributed by atoms with E-state index in [-0.39, 0.29) is 12.3 Å².